The molecule has 36 heavy (non-hydrogen) atoms. The van der Waals surface area contributed by atoms with Crippen molar-refractivity contribution in [1.29, 1.82) is 0 Å². The van der Waals surface area contributed by atoms with Crippen LogP contribution in [-0.4, -0.2) is 27.7 Å². The van der Waals surface area contributed by atoms with Crippen LogP contribution in [0.2, 0.25) is 0 Å². The molecule has 7 nitrogen and oxygen atoms in total. The van der Waals surface area contributed by atoms with Gasteiger partial charge in [0.1, 0.15) is 17.8 Å². The number of hydrogen-bond donors (Lipinski definition) is 0. The van der Waals surface area contributed by atoms with E-state index in [1.54, 1.807) is 12.5 Å². The zero-order chi connectivity index (χ0) is 24.2. The molecule has 5 aromatic rings. The van der Waals surface area contributed by atoms with Crippen molar-refractivity contribution < 1.29 is 14.2 Å². The Labute approximate surface area is 208 Å². The standard InChI is InChI=1S/C29H24N4O3/c1-3-7-22(8-4-1)17-33(18-26-20-34-21-35-26)29-28-30-15-16-32(28)19-27(31-29)23-11-13-25(14-12-23)36-24-9-5-2-6-10-24/h1-16,19-20H,17-18,21H2. The van der Waals surface area contributed by atoms with Crippen molar-refractivity contribution in [2.75, 3.05) is 18.2 Å². The van der Waals surface area contributed by atoms with Gasteiger partial charge in [-0.2, -0.15) is 0 Å². The van der Waals surface area contributed by atoms with Gasteiger partial charge >= 0.3 is 0 Å². The largest absolute Gasteiger partial charge is 0.462 e. The van der Waals surface area contributed by atoms with Crippen LogP contribution < -0.4 is 9.64 Å². The molecule has 6 rings (SSSR count). The van der Waals surface area contributed by atoms with Gasteiger partial charge in [0.15, 0.2) is 17.2 Å². The van der Waals surface area contributed by atoms with Gasteiger partial charge in [-0.05, 0) is 42.0 Å². The maximum absolute atomic E-state index is 5.95. The molecule has 0 saturated heterocycles. The third kappa shape index (κ3) is 4.72. The molecule has 3 aromatic carbocycles. The molecule has 0 aliphatic carbocycles. The van der Waals surface area contributed by atoms with Crippen LogP contribution in [0.25, 0.3) is 16.9 Å². The molecule has 1 aliphatic heterocycles. The topological polar surface area (TPSA) is 61.1 Å². The zero-order valence-electron chi connectivity index (χ0n) is 19.5. The molecule has 1 aliphatic rings. The summed E-state index contributed by atoms with van der Waals surface area (Å²) in [4.78, 5) is 11.8. The second-order valence-corrected chi connectivity index (χ2v) is 8.40. The SMILES string of the molecule is C1=C(CN(Cc2ccccc2)c2nc(-c3ccc(Oc4ccccc4)cc3)cn3ccnc23)OCO1. The maximum Gasteiger partial charge on any atom is 0.229 e. The number of ether oxygens (including phenoxy) is 3. The van der Waals surface area contributed by atoms with Crippen molar-refractivity contribution in [3.8, 4) is 22.8 Å². The predicted molar refractivity (Wildman–Crippen MR) is 138 cm³/mol. The van der Waals surface area contributed by atoms with E-state index in [9.17, 15) is 0 Å². The Bertz CT molecular complexity index is 1480. The lowest BCUT2D eigenvalue weighted by atomic mass is 10.1. The maximum atomic E-state index is 5.95. The van der Waals surface area contributed by atoms with Crippen molar-refractivity contribution >= 4 is 11.5 Å². The first-order valence-corrected chi connectivity index (χ1v) is 11.7. The first-order valence-electron chi connectivity index (χ1n) is 11.7. The molecule has 0 bridgehead atoms. The van der Waals surface area contributed by atoms with E-state index in [2.05, 4.69) is 22.0 Å². The van der Waals surface area contributed by atoms with Crippen LogP contribution in [0.5, 0.6) is 11.5 Å². The molecule has 178 valence electrons. The minimum atomic E-state index is 0.234. The lowest BCUT2D eigenvalue weighted by molar-refractivity contribution is 0.0797. The number of hydrogen-bond acceptors (Lipinski definition) is 6. The van der Waals surface area contributed by atoms with Crippen molar-refractivity contribution in [3.63, 3.8) is 0 Å². The smallest absolute Gasteiger partial charge is 0.229 e. The van der Waals surface area contributed by atoms with Crippen molar-refractivity contribution in [2.24, 2.45) is 0 Å². The molecule has 2 aromatic heterocycles. The number of nitrogens with zero attached hydrogens (tertiary/aromatic N) is 4. The lowest BCUT2D eigenvalue weighted by Crippen LogP contribution is -2.27. The third-order valence-corrected chi connectivity index (χ3v) is 5.88. The summed E-state index contributed by atoms with van der Waals surface area (Å²) in [7, 11) is 0. The molecule has 0 unspecified atom stereocenters. The third-order valence-electron chi connectivity index (χ3n) is 5.88. The van der Waals surface area contributed by atoms with Crippen molar-refractivity contribution in [1.82, 2.24) is 14.4 Å². The van der Waals surface area contributed by atoms with Gasteiger partial charge in [0.25, 0.3) is 0 Å². The summed E-state index contributed by atoms with van der Waals surface area (Å²) in [5.41, 5.74) is 3.75. The second-order valence-electron chi connectivity index (χ2n) is 8.40. The second kappa shape index (κ2) is 9.84. The van der Waals surface area contributed by atoms with Gasteiger partial charge in [-0.3, -0.25) is 0 Å². The molecule has 3 heterocycles. The van der Waals surface area contributed by atoms with Gasteiger partial charge in [0.2, 0.25) is 6.79 Å². The molecule has 0 spiro atoms. The molecule has 0 radical (unpaired) electrons. The van der Waals surface area contributed by atoms with Gasteiger partial charge in [-0.15, -0.1) is 0 Å². The van der Waals surface area contributed by atoms with E-state index in [-0.39, 0.29) is 6.79 Å². The monoisotopic (exact) mass is 476 g/mol. The van der Waals surface area contributed by atoms with Crippen LogP contribution in [0, 0.1) is 0 Å². The van der Waals surface area contributed by atoms with E-state index in [1.165, 1.54) is 0 Å². The molecular formula is C29H24N4O3. The zero-order valence-corrected chi connectivity index (χ0v) is 19.5. The minimum absolute atomic E-state index is 0.234. The first-order chi connectivity index (χ1) is 17.8. The number of para-hydroxylation sites is 1. The van der Waals surface area contributed by atoms with Gasteiger partial charge in [0.05, 0.1) is 12.2 Å². The Kier molecular flexibility index (Phi) is 5.94. The quantitative estimate of drug-likeness (QED) is 0.272. The number of fused-ring (bicyclic) bond motifs is 1. The Morgan fingerprint density at radius 1 is 0.861 bits per heavy atom. The normalized spacial score (nSPS) is 12.6. The average molecular weight is 477 g/mol. The highest BCUT2D eigenvalue weighted by molar-refractivity contribution is 5.71. The molecule has 0 atom stereocenters. The summed E-state index contributed by atoms with van der Waals surface area (Å²) in [5.74, 6) is 3.09. The summed E-state index contributed by atoms with van der Waals surface area (Å²) < 4.78 is 18.9. The number of rotatable bonds is 8. The Morgan fingerprint density at radius 3 is 2.36 bits per heavy atom. The Morgan fingerprint density at radius 2 is 1.61 bits per heavy atom. The molecule has 0 fully saturated rings. The van der Waals surface area contributed by atoms with Crippen LogP contribution in [-0.2, 0) is 16.0 Å². The number of anilines is 1. The Balaban J connectivity index is 1.35. The molecule has 0 saturated carbocycles. The van der Waals surface area contributed by atoms with Crippen LogP contribution in [0.15, 0.2) is 116 Å². The van der Waals surface area contributed by atoms with Gasteiger partial charge in [-0.25, -0.2) is 9.97 Å². The van der Waals surface area contributed by atoms with E-state index in [0.29, 0.717) is 13.1 Å². The Hall–Kier alpha value is -4.78. The molecule has 0 amide bonds. The van der Waals surface area contributed by atoms with E-state index in [1.807, 2.05) is 89.6 Å². The van der Waals surface area contributed by atoms with Crippen LogP contribution in [0.1, 0.15) is 5.56 Å². The highest BCUT2D eigenvalue weighted by Gasteiger charge is 2.20. The molecular weight excluding hydrogens is 452 g/mol. The van der Waals surface area contributed by atoms with Gasteiger partial charge in [0, 0.05) is 30.7 Å². The molecule has 7 heteroatoms. The fourth-order valence-corrected chi connectivity index (χ4v) is 4.14. The number of aromatic nitrogens is 3. The summed E-state index contributed by atoms with van der Waals surface area (Å²) >= 11 is 0. The van der Waals surface area contributed by atoms with E-state index in [0.717, 1.165) is 45.5 Å². The lowest BCUT2D eigenvalue weighted by Gasteiger charge is -2.24. The van der Waals surface area contributed by atoms with Crippen LogP contribution >= 0.6 is 0 Å². The number of imidazole rings is 1. The fraction of sp³-hybridized carbons (Fsp3) is 0.103. The van der Waals surface area contributed by atoms with Crippen molar-refractivity contribution in [2.45, 2.75) is 6.54 Å². The summed E-state index contributed by atoms with van der Waals surface area (Å²) in [5, 5.41) is 0. The number of benzene rings is 3. The van der Waals surface area contributed by atoms with Crippen LogP contribution in [0.4, 0.5) is 5.82 Å². The van der Waals surface area contributed by atoms with Gasteiger partial charge < -0.3 is 23.5 Å². The highest BCUT2D eigenvalue weighted by atomic mass is 16.7. The first kappa shape index (κ1) is 21.7. The van der Waals surface area contributed by atoms with E-state index >= 15 is 0 Å². The highest BCUT2D eigenvalue weighted by Crippen LogP contribution is 2.29. The van der Waals surface area contributed by atoms with E-state index < -0.39 is 0 Å². The van der Waals surface area contributed by atoms with Crippen LogP contribution in [0.3, 0.4) is 0 Å². The van der Waals surface area contributed by atoms with Crippen molar-refractivity contribution in [3.05, 3.63) is 121 Å². The summed E-state index contributed by atoms with van der Waals surface area (Å²) in [6, 6.07) is 28.0. The minimum Gasteiger partial charge on any atom is -0.462 e. The van der Waals surface area contributed by atoms with E-state index in [4.69, 9.17) is 19.2 Å². The summed E-state index contributed by atoms with van der Waals surface area (Å²) in [6.07, 6.45) is 7.38. The van der Waals surface area contributed by atoms with Gasteiger partial charge in [-0.1, -0.05) is 48.5 Å². The fourth-order valence-electron chi connectivity index (χ4n) is 4.14. The molecule has 0 N–H and O–H groups in total. The predicted octanol–water partition coefficient (Wildman–Crippen LogP) is 6.04. The average Bonchev–Trinajstić information content (AvgIpc) is 3.62. The summed E-state index contributed by atoms with van der Waals surface area (Å²) in [6.45, 7) is 1.39.